The summed E-state index contributed by atoms with van der Waals surface area (Å²) in [5, 5.41) is 12.9. The first-order chi connectivity index (χ1) is 8.33. The van der Waals surface area contributed by atoms with Crippen molar-refractivity contribution in [2.24, 2.45) is 4.99 Å². The van der Waals surface area contributed by atoms with Crippen LogP contribution in [0.15, 0.2) is 46.1 Å². The second-order valence-electron chi connectivity index (χ2n) is 3.28. The largest absolute Gasteiger partial charge is 0.497 e. The first kappa shape index (κ1) is 11.4. The van der Waals surface area contributed by atoms with E-state index >= 15 is 0 Å². The van der Waals surface area contributed by atoms with Gasteiger partial charge in [-0.25, -0.2) is 4.99 Å². The average Bonchev–Trinajstić information content (AvgIpc) is 2.90. The van der Waals surface area contributed by atoms with Crippen LogP contribution in [0.25, 0.3) is 0 Å². The Hall–Kier alpha value is -2.12. The van der Waals surface area contributed by atoms with Gasteiger partial charge in [0, 0.05) is 10.9 Å². The fourth-order valence-corrected chi connectivity index (χ4v) is 1.98. The van der Waals surface area contributed by atoms with Crippen molar-refractivity contribution in [3.8, 4) is 11.8 Å². The molecule has 0 aliphatic carbocycles. The van der Waals surface area contributed by atoms with E-state index < -0.39 is 0 Å². The molecule has 0 unspecified atom stereocenters. The second kappa shape index (κ2) is 5.28. The monoisotopic (exact) mass is 242 g/mol. The number of nitrogens with zero attached hydrogens (tertiary/aromatic N) is 2. The van der Waals surface area contributed by atoms with Gasteiger partial charge in [0.05, 0.1) is 12.8 Å². The van der Waals surface area contributed by atoms with Crippen molar-refractivity contribution in [3.63, 3.8) is 0 Å². The molecule has 0 bridgehead atoms. The van der Waals surface area contributed by atoms with Gasteiger partial charge in [0.2, 0.25) is 0 Å². The highest BCUT2D eigenvalue weighted by atomic mass is 32.1. The van der Waals surface area contributed by atoms with Crippen molar-refractivity contribution in [3.05, 3.63) is 46.7 Å². The summed E-state index contributed by atoms with van der Waals surface area (Å²) < 4.78 is 5.06. The Kier molecular flexibility index (Phi) is 3.53. The van der Waals surface area contributed by atoms with Crippen LogP contribution in [0.1, 0.15) is 5.56 Å². The van der Waals surface area contributed by atoms with Gasteiger partial charge in [-0.15, -0.1) is 0 Å². The van der Waals surface area contributed by atoms with E-state index in [4.69, 9.17) is 10.00 Å². The molecular formula is C13H10N2OS. The summed E-state index contributed by atoms with van der Waals surface area (Å²) in [6.07, 6.45) is 0. The summed E-state index contributed by atoms with van der Waals surface area (Å²) in [4.78, 5) is 4.30. The van der Waals surface area contributed by atoms with Crippen LogP contribution in [0, 0.1) is 11.3 Å². The highest BCUT2D eigenvalue weighted by molar-refractivity contribution is 7.08. The molecule has 0 saturated heterocycles. The van der Waals surface area contributed by atoms with E-state index in [2.05, 4.69) is 11.1 Å². The third kappa shape index (κ3) is 2.71. The maximum absolute atomic E-state index is 9.06. The summed E-state index contributed by atoms with van der Waals surface area (Å²) in [7, 11) is 1.62. The topological polar surface area (TPSA) is 45.4 Å². The summed E-state index contributed by atoms with van der Waals surface area (Å²) in [5.41, 5.74) is 2.03. The van der Waals surface area contributed by atoms with Crippen molar-refractivity contribution in [2.75, 3.05) is 7.11 Å². The molecule has 84 valence electrons. The molecule has 0 aliphatic heterocycles. The number of hydrogen-bond donors (Lipinski definition) is 0. The molecule has 0 aliphatic rings. The zero-order valence-electron chi connectivity index (χ0n) is 9.25. The standard InChI is InChI=1S/C13H10N2OS/c1-16-12-4-2-11(3-5-12)15-13(8-14)10-6-7-17-9-10/h2-7,9H,1H3/b15-13+. The van der Waals surface area contributed by atoms with Crippen LogP contribution in [-0.4, -0.2) is 12.8 Å². The van der Waals surface area contributed by atoms with E-state index in [1.54, 1.807) is 18.4 Å². The Morgan fingerprint density at radius 3 is 2.59 bits per heavy atom. The van der Waals surface area contributed by atoms with Gasteiger partial charge in [-0.2, -0.15) is 16.6 Å². The molecule has 0 saturated carbocycles. The normalized spacial score (nSPS) is 10.9. The van der Waals surface area contributed by atoms with Gasteiger partial charge in [-0.1, -0.05) is 0 Å². The Morgan fingerprint density at radius 2 is 2.06 bits per heavy atom. The maximum Gasteiger partial charge on any atom is 0.149 e. The van der Waals surface area contributed by atoms with Crippen molar-refractivity contribution in [1.29, 1.82) is 5.26 Å². The second-order valence-corrected chi connectivity index (χ2v) is 4.06. The van der Waals surface area contributed by atoms with Crippen LogP contribution in [0.4, 0.5) is 5.69 Å². The summed E-state index contributed by atoms with van der Waals surface area (Å²) in [6.45, 7) is 0. The average molecular weight is 242 g/mol. The SMILES string of the molecule is COc1ccc(/N=C(\C#N)c2ccsc2)cc1. The van der Waals surface area contributed by atoms with Gasteiger partial charge in [-0.3, -0.25) is 0 Å². The third-order valence-corrected chi connectivity index (χ3v) is 2.90. The smallest absolute Gasteiger partial charge is 0.149 e. The van der Waals surface area contributed by atoms with Crippen LogP contribution in [-0.2, 0) is 0 Å². The van der Waals surface area contributed by atoms with Crippen LogP contribution >= 0.6 is 11.3 Å². The first-order valence-corrected chi connectivity index (χ1v) is 5.93. The molecule has 1 aromatic carbocycles. The number of rotatable bonds is 3. The van der Waals surface area contributed by atoms with E-state index in [0.717, 1.165) is 17.0 Å². The first-order valence-electron chi connectivity index (χ1n) is 4.99. The van der Waals surface area contributed by atoms with E-state index in [1.807, 2.05) is 41.1 Å². The molecule has 1 heterocycles. The fourth-order valence-electron chi connectivity index (χ4n) is 1.34. The Bertz CT molecular complexity index is 550. The van der Waals surface area contributed by atoms with E-state index in [0.29, 0.717) is 5.71 Å². The minimum Gasteiger partial charge on any atom is -0.497 e. The molecule has 0 fully saturated rings. The minimum absolute atomic E-state index is 0.427. The number of hydrogen-bond acceptors (Lipinski definition) is 4. The number of methoxy groups -OCH3 is 1. The highest BCUT2D eigenvalue weighted by Crippen LogP contribution is 2.19. The Morgan fingerprint density at radius 1 is 1.29 bits per heavy atom. The van der Waals surface area contributed by atoms with Gasteiger partial charge >= 0.3 is 0 Å². The molecule has 0 atom stereocenters. The van der Waals surface area contributed by atoms with Crippen LogP contribution in [0.2, 0.25) is 0 Å². The molecule has 0 spiro atoms. The van der Waals surface area contributed by atoms with Crippen LogP contribution < -0.4 is 4.74 Å². The minimum atomic E-state index is 0.427. The molecule has 0 radical (unpaired) electrons. The van der Waals surface area contributed by atoms with Crippen molar-refractivity contribution in [1.82, 2.24) is 0 Å². The number of thiophene rings is 1. The molecular weight excluding hydrogens is 232 g/mol. The molecule has 2 rings (SSSR count). The van der Waals surface area contributed by atoms with Gasteiger partial charge in [0.1, 0.15) is 17.5 Å². The lowest BCUT2D eigenvalue weighted by atomic mass is 10.2. The van der Waals surface area contributed by atoms with Crippen molar-refractivity contribution >= 4 is 22.7 Å². The fraction of sp³-hybridized carbons (Fsp3) is 0.0769. The molecule has 1 aromatic heterocycles. The van der Waals surface area contributed by atoms with Gasteiger partial charge in [0.25, 0.3) is 0 Å². The van der Waals surface area contributed by atoms with E-state index in [-0.39, 0.29) is 0 Å². The molecule has 3 nitrogen and oxygen atoms in total. The Balaban J connectivity index is 2.31. The lowest BCUT2D eigenvalue weighted by molar-refractivity contribution is 0.415. The van der Waals surface area contributed by atoms with Crippen molar-refractivity contribution in [2.45, 2.75) is 0 Å². The number of benzene rings is 1. The van der Waals surface area contributed by atoms with Gasteiger partial charge in [0.15, 0.2) is 0 Å². The third-order valence-electron chi connectivity index (χ3n) is 2.21. The van der Waals surface area contributed by atoms with E-state index in [1.165, 1.54) is 0 Å². The zero-order valence-corrected chi connectivity index (χ0v) is 10.1. The summed E-state index contributed by atoms with van der Waals surface area (Å²) in [5.74, 6) is 0.776. The van der Waals surface area contributed by atoms with Crippen LogP contribution in [0.3, 0.4) is 0 Å². The van der Waals surface area contributed by atoms with Gasteiger partial charge < -0.3 is 4.74 Å². The maximum atomic E-state index is 9.06. The molecule has 0 amide bonds. The predicted octanol–water partition coefficient (Wildman–Crippen LogP) is 3.40. The zero-order chi connectivity index (χ0) is 12.1. The molecule has 4 heteroatoms. The van der Waals surface area contributed by atoms with Crippen molar-refractivity contribution < 1.29 is 4.74 Å². The Labute approximate surface area is 104 Å². The van der Waals surface area contributed by atoms with Crippen LogP contribution in [0.5, 0.6) is 5.75 Å². The molecule has 17 heavy (non-hydrogen) atoms. The molecule has 0 N–H and O–H groups in total. The summed E-state index contributed by atoms with van der Waals surface area (Å²) in [6, 6.07) is 11.3. The lowest BCUT2D eigenvalue weighted by Crippen LogP contribution is -1.93. The van der Waals surface area contributed by atoms with Gasteiger partial charge in [-0.05, 0) is 35.7 Å². The number of nitriles is 1. The number of ether oxygens (including phenoxy) is 1. The lowest BCUT2D eigenvalue weighted by Gasteiger charge is -1.99. The predicted molar refractivity (Wildman–Crippen MR) is 69.1 cm³/mol. The number of aliphatic imine (C=N–C) groups is 1. The quantitative estimate of drug-likeness (QED) is 0.774. The summed E-state index contributed by atoms with van der Waals surface area (Å²) >= 11 is 1.55. The highest BCUT2D eigenvalue weighted by Gasteiger charge is 2.02. The van der Waals surface area contributed by atoms with E-state index in [9.17, 15) is 0 Å². The molecule has 2 aromatic rings.